The summed E-state index contributed by atoms with van der Waals surface area (Å²) in [6, 6.07) is 14.7. The highest BCUT2D eigenvalue weighted by Gasteiger charge is 2.25. The zero-order valence-electron chi connectivity index (χ0n) is 17.9. The zero-order valence-corrected chi connectivity index (χ0v) is 17.9. The van der Waals surface area contributed by atoms with Gasteiger partial charge in [-0.15, -0.1) is 0 Å². The first kappa shape index (κ1) is 21.7. The summed E-state index contributed by atoms with van der Waals surface area (Å²) in [7, 11) is 0. The van der Waals surface area contributed by atoms with Crippen LogP contribution < -0.4 is 5.32 Å². The van der Waals surface area contributed by atoms with Gasteiger partial charge in [0, 0.05) is 25.2 Å². The predicted molar refractivity (Wildman–Crippen MR) is 116 cm³/mol. The van der Waals surface area contributed by atoms with Crippen molar-refractivity contribution in [1.29, 1.82) is 0 Å². The number of piperidine rings is 1. The Morgan fingerprint density at radius 2 is 1.80 bits per heavy atom. The first-order chi connectivity index (χ1) is 14.2. The fourth-order valence-corrected chi connectivity index (χ4v) is 3.68. The van der Waals surface area contributed by atoms with Crippen molar-refractivity contribution in [1.82, 2.24) is 10.2 Å². The van der Waals surface area contributed by atoms with Gasteiger partial charge in [-0.05, 0) is 68.9 Å². The average molecular weight is 411 g/mol. The van der Waals surface area contributed by atoms with E-state index in [1.807, 2.05) is 37.8 Å². The van der Waals surface area contributed by atoms with Crippen LogP contribution in [0.25, 0.3) is 0 Å². The van der Waals surface area contributed by atoms with Crippen molar-refractivity contribution < 1.29 is 19.4 Å². The second-order valence-electron chi connectivity index (χ2n) is 8.72. The Bertz CT molecular complexity index is 896. The SMILES string of the molecule is CC(C)(C)OC(=O)NCc1cccc(C2CCN(C(=O)c3cccc(O)c3)CC2)c1. The van der Waals surface area contributed by atoms with Crippen LogP contribution in [0, 0.1) is 0 Å². The Morgan fingerprint density at radius 1 is 1.10 bits per heavy atom. The molecule has 0 unspecified atom stereocenters. The molecule has 3 rings (SSSR count). The molecule has 30 heavy (non-hydrogen) atoms. The molecular formula is C24H30N2O4. The van der Waals surface area contributed by atoms with Crippen LogP contribution in [0.4, 0.5) is 4.79 Å². The Labute approximate surface area is 177 Å². The monoisotopic (exact) mass is 410 g/mol. The van der Waals surface area contributed by atoms with Crippen LogP contribution in [0.3, 0.4) is 0 Å². The van der Waals surface area contributed by atoms with Crippen LogP contribution >= 0.6 is 0 Å². The minimum Gasteiger partial charge on any atom is -0.508 e. The first-order valence-corrected chi connectivity index (χ1v) is 10.4. The van der Waals surface area contributed by atoms with Gasteiger partial charge in [0.1, 0.15) is 11.4 Å². The number of hydrogen-bond donors (Lipinski definition) is 2. The lowest BCUT2D eigenvalue weighted by Gasteiger charge is -2.32. The van der Waals surface area contributed by atoms with Gasteiger partial charge in [0.15, 0.2) is 0 Å². The van der Waals surface area contributed by atoms with Gasteiger partial charge in [-0.1, -0.05) is 30.3 Å². The van der Waals surface area contributed by atoms with E-state index >= 15 is 0 Å². The normalized spacial score (nSPS) is 15.0. The highest BCUT2D eigenvalue weighted by molar-refractivity contribution is 5.94. The molecule has 6 nitrogen and oxygen atoms in total. The molecule has 0 saturated carbocycles. The number of aromatic hydroxyl groups is 1. The molecule has 1 aliphatic heterocycles. The molecule has 0 spiro atoms. The zero-order chi connectivity index (χ0) is 21.7. The summed E-state index contributed by atoms with van der Waals surface area (Å²) in [4.78, 5) is 26.4. The molecule has 1 fully saturated rings. The smallest absolute Gasteiger partial charge is 0.407 e. The second-order valence-corrected chi connectivity index (χ2v) is 8.72. The van der Waals surface area contributed by atoms with Gasteiger partial charge in [-0.3, -0.25) is 4.79 Å². The largest absolute Gasteiger partial charge is 0.508 e. The third-order valence-electron chi connectivity index (χ3n) is 5.13. The van der Waals surface area contributed by atoms with Crippen molar-refractivity contribution in [2.24, 2.45) is 0 Å². The Balaban J connectivity index is 1.55. The number of phenolic OH excluding ortho intramolecular Hbond substituents is 1. The Morgan fingerprint density at radius 3 is 2.47 bits per heavy atom. The molecule has 0 aliphatic carbocycles. The van der Waals surface area contributed by atoms with Crippen molar-refractivity contribution in [2.75, 3.05) is 13.1 Å². The van der Waals surface area contributed by atoms with Crippen molar-refractivity contribution in [3.8, 4) is 5.75 Å². The molecule has 1 heterocycles. The molecule has 160 valence electrons. The van der Waals surface area contributed by atoms with Crippen LogP contribution in [0.15, 0.2) is 48.5 Å². The number of nitrogens with zero attached hydrogens (tertiary/aromatic N) is 1. The maximum Gasteiger partial charge on any atom is 0.407 e. The van der Waals surface area contributed by atoms with Crippen LogP contribution in [-0.2, 0) is 11.3 Å². The van der Waals surface area contributed by atoms with Gasteiger partial charge in [0.25, 0.3) is 5.91 Å². The number of rotatable bonds is 4. The van der Waals surface area contributed by atoms with Gasteiger partial charge in [0.2, 0.25) is 0 Å². The molecule has 0 atom stereocenters. The maximum absolute atomic E-state index is 12.7. The number of ether oxygens (including phenoxy) is 1. The number of carbonyl (C=O) groups is 2. The predicted octanol–water partition coefficient (Wildman–Crippen LogP) is 4.44. The highest BCUT2D eigenvalue weighted by Crippen LogP contribution is 2.29. The number of carbonyl (C=O) groups excluding carboxylic acids is 2. The lowest BCUT2D eigenvalue weighted by Crippen LogP contribution is -2.37. The van der Waals surface area contributed by atoms with Gasteiger partial charge in [-0.2, -0.15) is 0 Å². The van der Waals surface area contributed by atoms with Crippen LogP contribution in [0.2, 0.25) is 0 Å². The first-order valence-electron chi connectivity index (χ1n) is 10.4. The van der Waals surface area contributed by atoms with Gasteiger partial charge in [0.05, 0.1) is 0 Å². The number of hydrogen-bond acceptors (Lipinski definition) is 4. The summed E-state index contributed by atoms with van der Waals surface area (Å²) in [5, 5.41) is 12.4. The van der Waals surface area contributed by atoms with E-state index in [4.69, 9.17) is 4.74 Å². The molecule has 2 aromatic rings. The van der Waals surface area contributed by atoms with E-state index in [9.17, 15) is 14.7 Å². The molecule has 6 heteroatoms. The number of alkyl carbamates (subject to hydrolysis) is 1. The van der Waals surface area contributed by atoms with E-state index in [2.05, 4.69) is 17.4 Å². The molecule has 0 radical (unpaired) electrons. The Hall–Kier alpha value is -3.02. The number of likely N-dealkylation sites (tertiary alicyclic amines) is 1. The quantitative estimate of drug-likeness (QED) is 0.781. The maximum atomic E-state index is 12.7. The lowest BCUT2D eigenvalue weighted by molar-refractivity contribution is 0.0523. The highest BCUT2D eigenvalue weighted by atomic mass is 16.6. The summed E-state index contributed by atoms with van der Waals surface area (Å²) >= 11 is 0. The number of phenols is 1. The molecule has 0 bridgehead atoms. The van der Waals surface area contributed by atoms with Crippen LogP contribution in [-0.4, -0.2) is 40.7 Å². The van der Waals surface area contributed by atoms with Crippen molar-refractivity contribution in [3.63, 3.8) is 0 Å². The Kier molecular flexibility index (Phi) is 6.65. The summed E-state index contributed by atoms with van der Waals surface area (Å²) < 4.78 is 5.28. The molecule has 0 aromatic heterocycles. The molecule has 2 aromatic carbocycles. The summed E-state index contributed by atoms with van der Waals surface area (Å²) in [5.41, 5.74) is 2.25. The number of nitrogens with one attached hydrogen (secondary N) is 1. The third kappa shape index (κ3) is 5.99. The van der Waals surface area contributed by atoms with E-state index < -0.39 is 11.7 Å². The lowest BCUT2D eigenvalue weighted by atomic mass is 9.88. The van der Waals surface area contributed by atoms with E-state index in [0.717, 1.165) is 18.4 Å². The van der Waals surface area contributed by atoms with Crippen molar-refractivity contribution >= 4 is 12.0 Å². The van der Waals surface area contributed by atoms with Gasteiger partial charge >= 0.3 is 6.09 Å². The molecule has 1 aliphatic rings. The molecule has 1 saturated heterocycles. The standard InChI is InChI=1S/C24H30N2O4/c1-24(2,3)30-23(29)25-16-17-6-4-7-19(14-17)18-10-12-26(13-11-18)22(28)20-8-5-9-21(27)15-20/h4-9,14-15,18,27H,10-13,16H2,1-3H3,(H,25,29). The van der Waals surface area contributed by atoms with E-state index in [0.29, 0.717) is 31.1 Å². The van der Waals surface area contributed by atoms with E-state index in [-0.39, 0.29) is 11.7 Å². The number of benzene rings is 2. The van der Waals surface area contributed by atoms with Crippen molar-refractivity contribution in [3.05, 3.63) is 65.2 Å². The summed E-state index contributed by atoms with van der Waals surface area (Å²) in [6.07, 6.45) is 1.34. The fourth-order valence-electron chi connectivity index (χ4n) is 3.68. The molecule has 2 amide bonds. The summed E-state index contributed by atoms with van der Waals surface area (Å²) in [6.45, 7) is 7.29. The fraction of sp³-hybridized carbons (Fsp3) is 0.417. The van der Waals surface area contributed by atoms with Gasteiger partial charge in [-0.25, -0.2) is 4.79 Å². The van der Waals surface area contributed by atoms with Crippen LogP contribution in [0.5, 0.6) is 5.75 Å². The van der Waals surface area contributed by atoms with Gasteiger partial charge < -0.3 is 20.1 Å². The topological polar surface area (TPSA) is 78.9 Å². The second kappa shape index (κ2) is 9.20. The molecule has 2 N–H and O–H groups in total. The van der Waals surface area contributed by atoms with E-state index in [1.54, 1.807) is 18.2 Å². The average Bonchev–Trinajstić information content (AvgIpc) is 2.71. The van der Waals surface area contributed by atoms with E-state index in [1.165, 1.54) is 11.6 Å². The number of amides is 2. The minimum atomic E-state index is -0.518. The molecular weight excluding hydrogens is 380 g/mol. The minimum absolute atomic E-state index is 0.0420. The summed E-state index contributed by atoms with van der Waals surface area (Å²) in [5.74, 6) is 0.437. The third-order valence-corrected chi connectivity index (χ3v) is 5.13. The van der Waals surface area contributed by atoms with Crippen LogP contribution in [0.1, 0.15) is 61.0 Å². The van der Waals surface area contributed by atoms with Crippen molar-refractivity contribution in [2.45, 2.75) is 51.7 Å².